The van der Waals surface area contributed by atoms with Crippen LogP contribution >= 0.6 is 11.3 Å². The van der Waals surface area contributed by atoms with Crippen molar-refractivity contribution in [3.63, 3.8) is 0 Å². The molecule has 0 unspecified atom stereocenters. The van der Waals surface area contributed by atoms with Crippen molar-refractivity contribution in [2.75, 3.05) is 5.32 Å². The Morgan fingerprint density at radius 1 is 1.08 bits per heavy atom. The molecule has 3 rings (SSSR count). The molecule has 0 aliphatic heterocycles. The smallest absolute Gasteiger partial charge is 0.297 e. The van der Waals surface area contributed by atoms with E-state index in [0.29, 0.717) is 11.4 Å². The normalized spacial score (nSPS) is 11.3. The second-order valence-corrected chi connectivity index (χ2v) is 6.85. The zero-order chi connectivity index (χ0) is 18.5. The van der Waals surface area contributed by atoms with Gasteiger partial charge in [-0.05, 0) is 32.9 Å². The molecule has 5 nitrogen and oxygen atoms in total. The molecule has 1 N–H and O–H groups in total. The van der Waals surface area contributed by atoms with Gasteiger partial charge in [0, 0.05) is 11.3 Å². The fourth-order valence-corrected chi connectivity index (χ4v) is 3.37. The molecule has 2 aromatic carbocycles. The van der Waals surface area contributed by atoms with E-state index < -0.39 is 6.09 Å². The topological polar surface area (TPSA) is 63.6 Å². The number of amides is 1. The molecule has 0 saturated carbocycles. The number of nitrogens with zero attached hydrogens (tertiary/aromatic N) is 2. The van der Waals surface area contributed by atoms with E-state index in [1.807, 2.05) is 68.4 Å². The Labute approximate surface area is 156 Å². The molecule has 0 fully saturated rings. The second-order valence-electron chi connectivity index (χ2n) is 5.85. The third-order valence-corrected chi connectivity index (χ3v) is 5.02. The molecule has 0 radical (unpaired) electrons. The van der Waals surface area contributed by atoms with Crippen molar-refractivity contribution in [3.05, 3.63) is 70.7 Å². The van der Waals surface area contributed by atoms with Gasteiger partial charge in [-0.25, -0.2) is 9.78 Å². The summed E-state index contributed by atoms with van der Waals surface area (Å²) in [4.78, 5) is 22.4. The zero-order valence-electron chi connectivity index (χ0n) is 14.8. The predicted molar refractivity (Wildman–Crippen MR) is 106 cm³/mol. The largest absolute Gasteiger partial charge is 0.437 e. The van der Waals surface area contributed by atoms with Crippen molar-refractivity contribution in [2.45, 2.75) is 20.8 Å². The Kier molecular flexibility index (Phi) is 5.43. The molecular weight excluding hydrogens is 346 g/mol. The first-order chi connectivity index (χ1) is 12.5. The van der Waals surface area contributed by atoms with E-state index in [1.54, 1.807) is 6.92 Å². The summed E-state index contributed by atoms with van der Waals surface area (Å²) >= 11 is 1.52. The van der Waals surface area contributed by atoms with Gasteiger partial charge >= 0.3 is 6.09 Å². The van der Waals surface area contributed by atoms with E-state index in [0.717, 1.165) is 26.7 Å². The van der Waals surface area contributed by atoms with Gasteiger partial charge in [0.25, 0.3) is 0 Å². The van der Waals surface area contributed by atoms with Crippen LogP contribution in [0.3, 0.4) is 0 Å². The molecule has 3 aromatic rings. The fourth-order valence-electron chi connectivity index (χ4n) is 2.37. The number of hydrogen-bond acceptors (Lipinski definition) is 5. The molecule has 6 heteroatoms. The highest BCUT2D eigenvalue weighted by atomic mass is 32.1. The van der Waals surface area contributed by atoms with Crippen LogP contribution in [0.15, 0.2) is 59.8 Å². The number of oxime groups is 1. The lowest BCUT2D eigenvalue weighted by Gasteiger charge is -2.03. The lowest BCUT2D eigenvalue weighted by Crippen LogP contribution is -2.11. The molecular formula is C20H19N3O2S. The van der Waals surface area contributed by atoms with Gasteiger partial charge in [0.05, 0.1) is 16.3 Å². The summed E-state index contributed by atoms with van der Waals surface area (Å²) < 4.78 is 0. The highest BCUT2D eigenvalue weighted by Gasteiger charge is 2.13. The molecule has 0 aliphatic carbocycles. The monoisotopic (exact) mass is 365 g/mol. The van der Waals surface area contributed by atoms with Crippen LogP contribution in [-0.4, -0.2) is 16.8 Å². The molecule has 0 aliphatic rings. The molecule has 1 aromatic heterocycles. The third kappa shape index (κ3) is 4.34. The number of benzene rings is 2. The number of aryl methyl sites for hydroxylation is 2. The number of thiazole rings is 1. The average Bonchev–Trinajstić information content (AvgIpc) is 3.04. The quantitative estimate of drug-likeness (QED) is 0.382. The van der Waals surface area contributed by atoms with E-state index in [9.17, 15) is 4.79 Å². The SMILES string of the molecule is CC(=NOC(=O)Nc1ccc(C)cc1)c1sc(-c2ccccc2)nc1C. The molecule has 0 spiro atoms. The van der Waals surface area contributed by atoms with Crippen LogP contribution in [0.1, 0.15) is 23.1 Å². The Morgan fingerprint density at radius 3 is 2.46 bits per heavy atom. The van der Waals surface area contributed by atoms with E-state index in [2.05, 4.69) is 15.5 Å². The lowest BCUT2D eigenvalue weighted by atomic mass is 10.2. The molecule has 0 atom stereocenters. The maximum atomic E-state index is 11.9. The third-order valence-electron chi connectivity index (χ3n) is 3.71. The van der Waals surface area contributed by atoms with E-state index >= 15 is 0 Å². The van der Waals surface area contributed by atoms with E-state index in [1.165, 1.54) is 11.3 Å². The van der Waals surface area contributed by atoms with Crippen LogP contribution in [0.25, 0.3) is 10.6 Å². The molecule has 1 amide bonds. The van der Waals surface area contributed by atoms with E-state index in [4.69, 9.17) is 4.84 Å². The van der Waals surface area contributed by atoms with Gasteiger partial charge in [-0.2, -0.15) is 0 Å². The van der Waals surface area contributed by atoms with Crippen LogP contribution in [0.2, 0.25) is 0 Å². The van der Waals surface area contributed by atoms with Gasteiger partial charge in [-0.1, -0.05) is 53.2 Å². The van der Waals surface area contributed by atoms with Gasteiger partial charge in [-0.15, -0.1) is 11.3 Å². The minimum absolute atomic E-state index is 0.612. The summed E-state index contributed by atoms with van der Waals surface area (Å²) in [7, 11) is 0. The predicted octanol–water partition coefficient (Wildman–Crippen LogP) is 5.40. The number of rotatable bonds is 4. The van der Waals surface area contributed by atoms with Crippen molar-refractivity contribution in [1.82, 2.24) is 4.98 Å². The van der Waals surface area contributed by atoms with Gasteiger partial charge in [-0.3, -0.25) is 10.2 Å². The zero-order valence-corrected chi connectivity index (χ0v) is 15.6. The van der Waals surface area contributed by atoms with Crippen molar-refractivity contribution in [1.29, 1.82) is 0 Å². The Balaban J connectivity index is 1.68. The maximum Gasteiger partial charge on any atom is 0.437 e. The molecule has 0 saturated heterocycles. The first-order valence-corrected chi connectivity index (χ1v) is 8.97. The summed E-state index contributed by atoms with van der Waals surface area (Å²) in [5.74, 6) is 0. The number of anilines is 1. The average molecular weight is 365 g/mol. The van der Waals surface area contributed by atoms with Crippen molar-refractivity contribution < 1.29 is 9.63 Å². The van der Waals surface area contributed by atoms with Gasteiger partial charge in [0.2, 0.25) is 0 Å². The van der Waals surface area contributed by atoms with Crippen LogP contribution in [-0.2, 0) is 4.84 Å². The minimum Gasteiger partial charge on any atom is -0.297 e. The number of hydrogen-bond donors (Lipinski definition) is 1. The van der Waals surface area contributed by atoms with E-state index in [-0.39, 0.29) is 0 Å². The summed E-state index contributed by atoms with van der Waals surface area (Å²) in [6, 6.07) is 17.4. The van der Waals surface area contributed by atoms with Gasteiger partial charge in [0.1, 0.15) is 5.01 Å². The van der Waals surface area contributed by atoms with Crippen LogP contribution in [0.5, 0.6) is 0 Å². The standard InChI is InChI=1S/C20H19N3O2S/c1-13-9-11-17(12-10-13)22-20(24)25-23-15(3)18-14(2)21-19(26-18)16-7-5-4-6-8-16/h4-12H,1-3H3,(H,22,24). The molecule has 1 heterocycles. The highest BCUT2D eigenvalue weighted by Crippen LogP contribution is 2.28. The van der Waals surface area contributed by atoms with Crippen molar-refractivity contribution in [2.24, 2.45) is 5.16 Å². The van der Waals surface area contributed by atoms with Crippen LogP contribution < -0.4 is 5.32 Å². The lowest BCUT2D eigenvalue weighted by molar-refractivity contribution is 0.166. The number of aromatic nitrogens is 1. The number of nitrogens with one attached hydrogen (secondary N) is 1. The van der Waals surface area contributed by atoms with Crippen molar-refractivity contribution in [3.8, 4) is 10.6 Å². The Bertz CT molecular complexity index is 931. The molecule has 132 valence electrons. The highest BCUT2D eigenvalue weighted by molar-refractivity contribution is 7.17. The van der Waals surface area contributed by atoms with Crippen LogP contribution in [0.4, 0.5) is 10.5 Å². The Morgan fingerprint density at radius 2 is 1.77 bits per heavy atom. The molecule has 26 heavy (non-hydrogen) atoms. The second kappa shape index (κ2) is 7.93. The minimum atomic E-state index is -0.626. The van der Waals surface area contributed by atoms with Gasteiger partial charge in [0.15, 0.2) is 0 Å². The van der Waals surface area contributed by atoms with Gasteiger partial charge < -0.3 is 0 Å². The van der Waals surface area contributed by atoms with Crippen molar-refractivity contribution >= 4 is 28.8 Å². The summed E-state index contributed by atoms with van der Waals surface area (Å²) in [5.41, 5.74) is 4.30. The summed E-state index contributed by atoms with van der Waals surface area (Å²) in [5, 5.41) is 7.51. The van der Waals surface area contributed by atoms with Crippen LogP contribution in [0, 0.1) is 13.8 Å². The first-order valence-electron chi connectivity index (χ1n) is 8.15. The number of carbonyl (C=O) groups excluding carboxylic acids is 1. The summed E-state index contributed by atoms with van der Waals surface area (Å²) in [6.45, 7) is 5.70. The summed E-state index contributed by atoms with van der Waals surface area (Å²) in [6.07, 6.45) is -0.626. The Hall–Kier alpha value is -2.99. The fraction of sp³-hybridized carbons (Fsp3) is 0.150. The maximum absolute atomic E-state index is 11.9. The number of carbonyl (C=O) groups is 1. The molecule has 0 bridgehead atoms. The first kappa shape index (κ1) is 17.8.